The zero-order chi connectivity index (χ0) is 8.97. The van der Waals surface area contributed by atoms with Crippen molar-refractivity contribution < 1.29 is 0 Å². The molecular weight excluding hydrogens is 144 g/mol. The maximum atomic E-state index is 3.30. The first-order chi connectivity index (χ1) is 5.74. The van der Waals surface area contributed by atoms with Gasteiger partial charge in [-0.05, 0) is 36.5 Å². The van der Waals surface area contributed by atoms with Gasteiger partial charge in [-0.15, -0.1) is 0 Å². The predicted octanol–water partition coefficient (Wildman–Crippen LogP) is 3.38. The zero-order valence-corrected chi connectivity index (χ0v) is 8.22. The Morgan fingerprint density at radius 2 is 2.25 bits per heavy atom. The Balaban J connectivity index is 2.69. The van der Waals surface area contributed by atoms with Crippen molar-refractivity contribution in [3.8, 4) is 0 Å². The average Bonchev–Trinajstić information content (AvgIpc) is 2.09. The third-order valence-corrected chi connectivity index (χ3v) is 2.43. The molecule has 0 aliphatic heterocycles. The van der Waals surface area contributed by atoms with Crippen molar-refractivity contribution in [1.82, 2.24) is 0 Å². The van der Waals surface area contributed by atoms with E-state index < -0.39 is 0 Å². The Bertz CT molecular complexity index is 238. The van der Waals surface area contributed by atoms with Crippen molar-refractivity contribution in [3.63, 3.8) is 0 Å². The Kier molecular flexibility index (Phi) is 3.33. The van der Waals surface area contributed by atoms with Crippen LogP contribution in [0, 0.1) is 18.9 Å². The molecule has 0 fully saturated rings. The predicted molar refractivity (Wildman–Crippen MR) is 53.2 cm³/mol. The lowest BCUT2D eigenvalue weighted by molar-refractivity contribution is 0.558. The first-order valence-corrected chi connectivity index (χ1v) is 4.70. The SMILES string of the molecule is CCC(C)Cc1[c]cccc1C. The standard InChI is InChI=1S/C12H17/c1-4-10(2)9-12-8-6-5-7-11(12)3/h5-7,10H,4,9H2,1-3H3. The van der Waals surface area contributed by atoms with Gasteiger partial charge in [0.2, 0.25) is 0 Å². The third kappa shape index (κ3) is 2.37. The van der Waals surface area contributed by atoms with Crippen LogP contribution in [0.15, 0.2) is 18.2 Å². The van der Waals surface area contributed by atoms with E-state index in [1.54, 1.807) is 0 Å². The number of benzene rings is 1. The van der Waals surface area contributed by atoms with E-state index >= 15 is 0 Å². The van der Waals surface area contributed by atoms with E-state index in [2.05, 4.69) is 39.0 Å². The maximum Gasteiger partial charge on any atom is -0.0146 e. The molecule has 0 aliphatic carbocycles. The second-order valence-electron chi connectivity index (χ2n) is 3.55. The summed E-state index contributed by atoms with van der Waals surface area (Å²) in [5.74, 6) is 0.780. The summed E-state index contributed by atoms with van der Waals surface area (Å²) in [5.41, 5.74) is 2.75. The molecule has 0 aliphatic rings. The van der Waals surface area contributed by atoms with Crippen LogP contribution >= 0.6 is 0 Å². The van der Waals surface area contributed by atoms with Crippen LogP contribution in [0.25, 0.3) is 0 Å². The van der Waals surface area contributed by atoms with Gasteiger partial charge in [0.1, 0.15) is 0 Å². The topological polar surface area (TPSA) is 0 Å². The van der Waals surface area contributed by atoms with Crippen molar-refractivity contribution in [1.29, 1.82) is 0 Å². The Morgan fingerprint density at radius 3 is 2.83 bits per heavy atom. The quantitative estimate of drug-likeness (QED) is 0.637. The molecule has 0 bridgehead atoms. The van der Waals surface area contributed by atoms with Gasteiger partial charge < -0.3 is 0 Å². The van der Waals surface area contributed by atoms with Gasteiger partial charge >= 0.3 is 0 Å². The molecular formula is C12H17. The summed E-state index contributed by atoms with van der Waals surface area (Å²) < 4.78 is 0. The molecule has 0 saturated heterocycles. The molecule has 0 nitrogen and oxygen atoms in total. The minimum absolute atomic E-state index is 0.780. The van der Waals surface area contributed by atoms with E-state index in [4.69, 9.17) is 0 Å². The summed E-state index contributed by atoms with van der Waals surface area (Å²) in [5, 5.41) is 0. The van der Waals surface area contributed by atoms with E-state index in [9.17, 15) is 0 Å². The molecule has 0 saturated carbocycles. The molecule has 0 amide bonds. The van der Waals surface area contributed by atoms with Crippen LogP contribution in [-0.4, -0.2) is 0 Å². The van der Waals surface area contributed by atoms with Gasteiger partial charge in [-0.25, -0.2) is 0 Å². The number of rotatable bonds is 3. The summed E-state index contributed by atoms with van der Waals surface area (Å²) in [4.78, 5) is 0. The Morgan fingerprint density at radius 1 is 1.50 bits per heavy atom. The largest absolute Gasteiger partial charge is 0.0651 e. The lowest BCUT2D eigenvalue weighted by Gasteiger charge is -2.09. The smallest absolute Gasteiger partial charge is 0.0146 e. The van der Waals surface area contributed by atoms with Crippen LogP contribution in [0.1, 0.15) is 31.4 Å². The average molecular weight is 161 g/mol. The fraction of sp³-hybridized carbons (Fsp3) is 0.500. The minimum atomic E-state index is 0.780. The highest BCUT2D eigenvalue weighted by atomic mass is 14.1. The van der Waals surface area contributed by atoms with Gasteiger partial charge in [-0.2, -0.15) is 0 Å². The van der Waals surface area contributed by atoms with Crippen molar-refractivity contribution >= 4 is 0 Å². The van der Waals surface area contributed by atoms with Gasteiger partial charge in [-0.3, -0.25) is 0 Å². The summed E-state index contributed by atoms with van der Waals surface area (Å²) in [6.07, 6.45) is 2.42. The first kappa shape index (κ1) is 9.31. The molecule has 1 aromatic carbocycles. The van der Waals surface area contributed by atoms with Crippen LogP contribution in [0.3, 0.4) is 0 Å². The summed E-state index contributed by atoms with van der Waals surface area (Å²) >= 11 is 0. The molecule has 1 unspecified atom stereocenters. The Hall–Kier alpha value is -0.780. The van der Waals surface area contributed by atoms with E-state index in [-0.39, 0.29) is 0 Å². The van der Waals surface area contributed by atoms with Gasteiger partial charge in [0.05, 0.1) is 0 Å². The molecule has 1 atom stereocenters. The van der Waals surface area contributed by atoms with Crippen molar-refractivity contribution in [2.75, 3.05) is 0 Å². The van der Waals surface area contributed by atoms with Gasteiger partial charge in [-0.1, -0.05) is 38.5 Å². The fourth-order valence-electron chi connectivity index (χ4n) is 1.27. The molecule has 0 spiro atoms. The number of hydrogen-bond donors (Lipinski definition) is 0. The molecule has 0 aromatic heterocycles. The first-order valence-electron chi connectivity index (χ1n) is 4.70. The molecule has 0 N–H and O–H groups in total. The Labute approximate surface area is 75.6 Å². The molecule has 0 heteroatoms. The highest BCUT2D eigenvalue weighted by Crippen LogP contribution is 2.14. The summed E-state index contributed by atoms with van der Waals surface area (Å²) in [6, 6.07) is 9.52. The highest BCUT2D eigenvalue weighted by Gasteiger charge is 2.02. The van der Waals surface area contributed by atoms with E-state index in [1.165, 1.54) is 24.0 Å². The second-order valence-corrected chi connectivity index (χ2v) is 3.55. The second kappa shape index (κ2) is 4.30. The van der Waals surface area contributed by atoms with E-state index in [1.807, 2.05) is 6.07 Å². The van der Waals surface area contributed by atoms with Crippen molar-refractivity contribution in [2.24, 2.45) is 5.92 Å². The molecule has 12 heavy (non-hydrogen) atoms. The fourth-order valence-corrected chi connectivity index (χ4v) is 1.27. The lowest BCUT2D eigenvalue weighted by atomic mass is 9.96. The highest BCUT2D eigenvalue weighted by molar-refractivity contribution is 5.24. The van der Waals surface area contributed by atoms with Gasteiger partial charge in [0, 0.05) is 0 Å². The van der Waals surface area contributed by atoms with E-state index in [0.29, 0.717) is 0 Å². The van der Waals surface area contributed by atoms with Crippen molar-refractivity contribution in [2.45, 2.75) is 33.6 Å². The van der Waals surface area contributed by atoms with Crippen LogP contribution in [0.5, 0.6) is 0 Å². The molecule has 1 radical (unpaired) electrons. The van der Waals surface area contributed by atoms with Crippen LogP contribution in [0.4, 0.5) is 0 Å². The van der Waals surface area contributed by atoms with Gasteiger partial charge in [0.25, 0.3) is 0 Å². The lowest BCUT2D eigenvalue weighted by Crippen LogP contribution is -1.99. The third-order valence-electron chi connectivity index (χ3n) is 2.43. The maximum absolute atomic E-state index is 3.30. The van der Waals surface area contributed by atoms with Crippen LogP contribution in [0.2, 0.25) is 0 Å². The molecule has 65 valence electrons. The number of hydrogen-bond acceptors (Lipinski definition) is 0. The molecule has 0 heterocycles. The van der Waals surface area contributed by atoms with Crippen LogP contribution in [-0.2, 0) is 6.42 Å². The molecule has 1 rings (SSSR count). The summed E-state index contributed by atoms with van der Waals surface area (Å²) in [7, 11) is 0. The summed E-state index contributed by atoms with van der Waals surface area (Å²) in [6.45, 7) is 6.69. The molecule has 1 aromatic rings. The minimum Gasteiger partial charge on any atom is -0.0651 e. The van der Waals surface area contributed by atoms with Gasteiger partial charge in [0.15, 0.2) is 0 Å². The van der Waals surface area contributed by atoms with Crippen molar-refractivity contribution in [3.05, 3.63) is 35.4 Å². The monoisotopic (exact) mass is 161 g/mol. The normalized spacial score (nSPS) is 12.9. The van der Waals surface area contributed by atoms with E-state index in [0.717, 1.165) is 5.92 Å². The number of aryl methyl sites for hydroxylation is 1. The van der Waals surface area contributed by atoms with Crippen LogP contribution < -0.4 is 0 Å². The zero-order valence-electron chi connectivity index (χ0n) is 8.22.